The zero-order valence-corrected chi connectivity index (χ0v) is 15.9. The standard InChI is InChI=1S/C20H19FN4O2S/c21-14-3-5-16(6-4-14)28-12-18(26)24-10-7-15(8-11-24)25-13-23-19-17(20(25)27)2-1-9-22-19/h1-6,9,13,15H,7-8,10-12H2. The van der Waals surface area contributed by atoms with Gasteiger partial charge in [-0.05, 0) is 49.2 Å². The Morgan fingerprint density at radius 1 is 1.14 bits per heavy atom. The summed E-state index contributed by atoms with van der Waals surface area (Å²) in [6.07, 6.45) is 4.60. The van der Waals surface area contributed by atoms with Gasteiger partial charge in [0.1, 0.15) is 12.1 Å². The first kappa shape index (κ1) is 18.6. The lowest BCUT2D eigenvalue weighted by molar-refractivity contribution is -0.129. The molecule has 0 aliphatic carbocycles. The van der Waals surface area contributed by atoms with Crippen molar-refractivity contribution in [2.45, 2.75) is 23.8 Å². The summed E-state index contributed by atoms with van der Waals surface area (Å²) in [4.78, 5) is 36.3. The van der Waals surface area contributed by atoms with Crippen LogP contribution in [0.3, 0.4) is 0 Å². The number of thioether (sulfide) groups is 1. The van der Waals surface area contributed by atoms with E-state index in [9.17, 15) is 14.0 Å². The lowest BCUT2D eigenvalue weighted by atomic mass is 10.0. The van der Waals surface area contributed by atoms with Gasteiger partial charge in [0, 0.05) is 30.2 Å². The van der Waals surface area contributed by atoms with Crippen LogP contribution in [-0.4, -0.2) is 44.2 Å². The van der Waals surface area contributed by atoms with E-state index in [4.69, 9.17) is 0 Å². The minimum Gasteiger partial charge on any atom is -0.342 e. The van der Waals surface area contributed by atoms with Gasteiger partial charge in [-0.2, -0.15) is 0 Å². The molecule has 0 unspecified atom stereocenters. The third kappa shape index (κ3) is 3.91. The van der Waals surface area contributed by atoms with E-state index in [-0.39, 0.29) is 23.3 Å². The number of rotatable bonds is 4. The first-order valence-electron chi connectivity index (χ1n) is 9.10. The molecule has 4 rings (SSSR count). The summed E-state index contributed by atoms with van der Waals surface area (Å²) in [7, 11) is 0. The average Bonchev–Trinajstić information content (AvgIpc) is 2.74. The molecule has 0 saturated carbocycles. The smallest absolute Gasteiger partial charge is 0.263 e. The lowest BCUT2D eigenvalue weighted by Gasteiger charge is -2.32. The molecule has 144 valence electrons. The number of pyridine rings is 1. The minimum atomic E-state index is -0.285. The molecule has 0 spiro atoms. The molecule has 0 atom stereocenters. The topological polar surface area (TPSA) is 68.1 Å². The summed E-state index contributed by atoms with van der Waals surface area (Å²) in [6.45, 7) is 1.20. The number of benzene rings is 1. The Kier molecular flexibility index (Phi) is 5.38. The molecule has 3 aromatic rings. The summed E-state index contributed by atoms with van der Waals surface area (Å²) in [5.41, 5.74) is 0.365. The number of piperidine rings is 1. The number of aromatic nitrogens is 3. The van der Waals surface area contributed by atoms with Crippen molar-refractivity contribution in [3.63, 3.8) is 0 Å². The third-order valence-corrected chi connectivity index (χ3v) is 5.94. The van der Waals surface area contributed by atoms with Crippen LogP contribution >= 0.6 is 11.8 Å². The van der Waals surface area contributed by atoms with Gasteiger partial charge in [-0.3, -0.25) is 14.2 Å². The highest BCUT2D eigenvalue weighted by atomic mass is 32.2. The molecule has 1 aliphatic rings. The van der Waals surface area contributed by atoms with Gasteiger partial charge in [0.15, 0.2) is 5.65 Å². The number of amides is 1. The van der Waals surface area contributed by atoms with Crippen molar-refractivity contribution in [2.75, 3.05) is 18.8 Å². The molecule has 3 heterocycles. The predicted octanol–water partition coefficient (Wildman–Crippen LogP) is 2.89. The van der Waals surface area contributed by atoms with E-state index < -0.39 is 0 Å². The number of nitrogens with zero attached hydrogens (tertiary/aromatic N) is 4. The van der Waals surface area contributed by atoms with Gasteiger partial charge in [0.05, 0.1) is 11.1 Å². The first-order valence-corrected chi connectivity index (χ1v) is 10.1. The van der Waals surface area contributed by atoms with Gasteiger partial charge in [-0.25, -0.2) is 14.4 Å². The Labute approximate surface area is 165 Å². The molecule has 6 nitrogen and oxygen atoms in total. The van der Waals surface area contributed by atoms with Gasteiger partial charge < -0.3 is 4.90 Å². The van der Waals surface area contributed by atoms with Crippen molar-refractivity contribution >= 4 is 28.7 Å². The van der Waals surface area contributed by atoms with Crippen LogP contribution in [0.1, 0.15) is 18.9 Å². The third-order valence-electron chi connectivity index (χ3n) is 4.94. The highest BCUT2D eigenvalue weighted by Crippen LogP contribution is 2.23. The van der Waals surface area contributed by atoms with E-state index in [1.165, 1.54) is 23.9 Å². The van der Waals surface area contributed by atoms with Gasteiger partial charge >= 0.3 is 0 Å². The minimum absolute atomic E-state index is 0.0263. The van der Waals surface area contributed by atoms with E-state index >= 15 is 0 Å². The van der Waals surface area contributed by atoms with E-state index in [1.807, 2.05) is 4.90 Å². The molecule has 1 amide bonds. The maximum absolute atomic E-state index is 13.0. The fourth-order valence-corrected chi connectivity index (χ4v) is 4.20. The average molecular weight is 398 g/mol. The zero-order valence-electron chi connectivity index (χ0n) is 15.1. The van der Waals surface area contributed by atoms with E-state index in [1.54, 1.807) is 41.4 Å². The van der Waals surface area contributed by atoms with E-state index in [0.29, 0.717) is 42.7 Å². The molecule has 0 N–H and O–H groups in total. The molecule has 0 bridgehead atoms. The number of carbonyl (C=O) groups is 1. The second-order valence-corrected chi connectivity index (χ2v) is 7.73. The van der Waals surface area contributed by atoms with Crippen molar-refractivity contribution in [3.05, 3.63) is 65.1 Å². The van der Waals surface area contributed by atoms with Crippen LogP contribution in [0.4, 0.5) is 4.39 Å². The number of fused-ring (bicyclic) bond motifs is 1. The number of hydrogen-bond acceptors (Lipinski definition) is 5. The molecule has 1 fully saturated rings. The number of halogens is 1. The van der Waals surface area contributed by atoms with Crippen LogP contribution in [0.5, 0.6) is 0 Å². The van der Waals surface area contributed by atoms with Crippen LogP contribution < -0.4 is 5.56 Å². The second kappa shape index (κ2) is 8.10. The first-order chi connectivity index (χ1) is 13.6. The van der Waals surface area contributed by atoms with Crippen molar-refractivity contribution < 1.29 is 9.18 Å². The Hall–Kier alpha value is -2.74. The van der Waals surface area contributed by atoms with Crippen LogP contribution in [-0.2, 0) is 4.79 Å². The molecular weight excluding hydrogens is 379 g/mol. The van der Waals surface area contributed by atoms with Crippen LogP contribution in [0.15, 0.2) is 58.6 Å². The summed E-state index contributed by atoms with van der Waals surface area (Å²) in [6, 6.07) is 9.63. The van der Waals surface area contributed by atoms with E-state index in [0.717, 1.165) is 4.90 Å². The van der Waals surface area contributed by atoms with Crippen LogP contribution in [0, 0.1) is 5.82 Å². The zero-order chi connectivity index (χ0) is 19.5. The Balaban J connectivity index is 1.36. The number of carbonyl (C=O) groups excluding carboxylic acids is 1. The molecule has 0 radical (unpaired) electrons. The summed E-state index contributed by atoms with van der Waals surface area (Å²) in [5, 5.41) is 0.513. The Bertz CT molecular complexity index is 1050. The largest absolute Gasteiger partial charge is 0.342 e. The van der Waals surface area contributed by atoms with Gasteiger partial charge in [-0.15, -0.1) is 11.8 Å². The highest BCUT2D eigenvalue weighted by molar-refractivity contribution is 8.00. The number of hydrogen-bond donors (Lipinski definition) is 0. The van der Waals surface area contributed by atoms with Crippen molar-refractivity contribution in [2.24, 2.45) is 0 Å². The quantitative estimate of drug-likeness (QED) is 0.632. The van der Waals surface area contributed by atoms with Crippen LogP contribution in [0.25, 0.3) is 11.0 Å². The van der Waals surface area contributed by atoms with Crippen molar-refractivity contribution in [3.8, 4) is 0 Å². The van der Waals surface area contributed by atoms with Crippen molar-refractivity contribution in [1.82, 2.24) is 19.4 Å². The summed E-state index contributed by atoms with van der Waals surface area (Å²) < 4.78 is 14.6. The molecule has 8 heteroatoms. The molecule has 1 saturated heterocycles. The summed E-state index contributed by atoms with van der Waals surface area (Å²) >= 11 is 1.40. The molecular formula is C20H19FN4O2S. The Morgan fingerprint density at radius 3 is 2.64 bits per heavy atom. The fourth-order valence-electron chi connectivity index (χ4n) is 3.40. The van der Waals surface area contributed by atoms with Crippen LogP contribution in [0.2, 0.25) is 0 Å². The molecule has 28 heavy (non-hydrogen) atoms. The summed E-state index contributed by atoms with van der Waals surface area (Å²) in [5.74, 6) is 0.0901. The molecule has 1 aromatic carbocycles. The normalized spacial score (nSPS) is 15.1. The maximum atomic E-state index is 13.0. The molecule has 1 aliphatic heterocycles. The Morgan fingerprint density at radius 2 is 1.89 bits per heavy atom. The molecule has 2 aromatic heterocycles. The maximum Gasteiger partial charge on any atom is 0.263 e. The monoisotopic (exact) mass is 398 g/mol. The van der Waals surface area contributed by atoms with Gasteiger partial charge in [0.2, 0.25) is 5.91 Å². The van der Waals surface area contributed by atoms with E-state index in [2.05, 4.69) is 9.97 Å². The highest BCUT2D eigenvalue weighted by Gasteiger charge is 2.25. The predicted molar refractivity (Wildman–Crippen MR) is 106 cm³/mol. The van der Waals surface area contributed by atoms with Gasteiger partial charge in [-0.1, -0.05) is 0 Å². The lowest BCUT2D eigenvalue weighted by Crippen LogP contribution is -2.41. The van der Waals surface area contributed by atoms with Crippen molar-refractivity contribution in [1.29, 1.82) is 0 Å². The second-order valence-electron chi connectivity index (χ2n) is 6.69. The number of likely N-dealkylation sites (tertiary alicyclic amines) is 1. The fraction of sp³-hybridized carbons (Fsp3) is 0.300. The van der Waals surface area contributed by atoms with Gasteiger partial charge in [0.25, 0.3) is 5.56 Å². The SMILES string of the molecule is O=C(CSc1ccc(F)cc1)N1CCC(n2cnc3ncccc3c2=O)CC1.